The normalized spacial score (nSPS) is 10.4. The third-order valence-corrected chi connectivity index (χ3v) is 4.43. The number of halogens is 2. The fourth-order valence-corrected chi connectivity index (χ4v) is 2.74. The summed E-state index contributed by atoms with van der Waals surface area (Å²) in [6.45, 7) is 0.583. The van der Waals surface area contributed by atoms with E-state index in [1.165, 1.54) is 0 Å². The topological polar surface area (TPSA) is 29.1 Å². The Morgan fingerprint density at radius 3 is 2.79 bits per heavy atom. The number of aryl methyl sites for hydroxylation is 1. The molecule has 100 valence electrons. The van der Waals surface area contributed by atoms with Crippen LogP contribution in [0.5, 0.6) is 0 Å². The van der Waals surface area contributed by atoms with E-state index in [-0.39, 0.29) is 5.91 Å². The first-order valence-electron chi connectivity index (χ1n) is 5.89. The predicted molar refractivity (Wildman–Crippen MR) is 80.9 cm³/mol. The van der Waals surface area contributed by atoms with E-state index in [2.05, 4.69) is 5.32 Å². The molecule has 1 aromatic heterocycles. The van der Waals surface area contributed by atoms with E-state index < -0.39 is 0 Å². The van der Waals surface area contributed by atoms with Crippen LogP contribution in [-0.4, -0.2) is 5.91 Å². The van der Waals surface area contributed by atoms with E-state index in [0.29, 0.717) is 29.4 Å². The van der Waals surface area contributed by atoms with Gasteiger partial charge in [0, 0.05) is 11.3 Å². The third kappa shape index (κ3) is 4.23. The minimum absolute atomic E-state index is 0.0180. The van der Waals surface area contributed by atoms with E-state index in [9.17, 15) is 4.79 Å². The summed E-state index contributed by atoms with van der Waals surface area (Å²) in [5.41, 5.74) is 0.903. The van der Waals surface area contributed by atoms with Gasteiger partial charge >= 0.3 is 0 Å². The molecule has 2 rings (SSSR count). The van der Waals surface area contributed by atoms with Crippen molar-refractivity contribution in [1.29, 1.82) is 0 Å². The molecule has 0 spiro atoms. The number of hydrogen-bond donors (Lipinski definition) is 1. The summed E-state index contributed by atoms with van der Waals surface area (Å²) in [6, 6.07) is 9.44. The van der Waals surface area contributed by atoms with Gasteiger partial charge in [-0.3, -0.25) is 4.79 Å². The lowest BCUT2D eigenvalue weighted by molar-refractivity contribution is -0.121. The first kappa shape index (κ1) is 14.4. The summed E-state index contributed by atoms with van der Waals surface area (Å²) in [5.74, 6) is 0.0180. The second-order valence-electron chi connectivity index (χ2n) is 4.07. The average molecular weight is 314 g/mol. The van der Waals surface area contributed by atoms with Gasteiger partial charge in [0.1, 0.15) is 0 Å². The van der Waals surface area contributed by atoms with Crippen LogP contribution in [0.15, 0.2) is 35.7 Å². The lowest BCUT2D eigenvalue weighted by Crippen LogP contribution is -2.22. The van der Waals surface area contributed by atoms with Crippen molar-refractivity contribution < 1.29 is 4.79 Å². The fraction of sp³-hybridized carbons (Fsp3) is 0.214. The Hall–Kier alpha value is -1.03. The van der Waals surface area contributed by atoms with Gasteiger partial charge in [0.05, 0.1) is 16.6 Å². The molecule has 0 atom stereocenters. The van der Waals surface area contributed by atoms with E-state index in [4.69, 9.17) is 23.2 Å². The van der Waals surface area contributed by atoms with Crippen molar-refractivity contribution in [3.05, 3.63) is 56.2 Å². The van der Waals surface area contributed by atoms with Crippen LogP contribution in [0.3, 0.4) is 0 Å². The van der Waals surface area contributed by atoms with E-state index in [0.717, 1.165) is 10.4 Å². The highest BCUT2D eigenvalue weighted by Gasteiger charge is 2.07. The Labute approximate surface area is 126 Å². The fourth-order valence-electron chi connectivity index (χ4n) is 1.68. The summed E-state index contributed by atoms with van der Waals surface area (Å²) in [5, 5.41) is 5.94. The minimum atomic E-state index is 0.0180. The zero-order chi connectivity index (χ0) is 13.7. The van der Waals surface area contributed by atoms with Gasteiger partial charge in [0.2, 0.25) is 5.91 Å². The molecule has 0 unspecified atom stereocenters. The lowest BCUT2D eigenvalue weighted by atomic mass is 10.1. The molecule has 0 aliphatic rings. The smallest absolute Gasteiger partial charge is 0.220 e. The first-order valence-corrected chi connectivity index (χ1v) is 7.52. The van der Waals surface area contributed by atoms with E-state index >= 15 is 0 Å². The maximum Gasteiger partial charge on any atom is 0.220 e. The molecule has 5 heteroatoms. The molecule has 1 N–H and O–H groups in total. The van der Waals surface area contributed by atoms with Crippen molar-refractivity contribution in [3.8, 4) is 0 Å². The molecule has 2 nitrogen and oxygen atoms in total. The number of thiophene rings is 1. The molecule has 1 heterocycles. The number of hydrogen-bond acceptors (Lipinski definition) is 2. The molecule has 1 aromatic carbocycles. The van der Waals surface area contributed by atoms with Crippen LogP contribution < -0.4 is 5.32 Å². The van der Waals surface area contributed by atoms with Crippen LogP contribution in [0.4, 0.5) is 0 Å². The van der Waals surface area contributed by atoms with Gasteiger partial charge in [0.25, 0.3) is 0 Å². The molecule has 0 saturated heterocycles. The van der Waals surface area contributed by atoms with Crippen LogP contribution in [0, 0.1) is 0 Å². The summed E-state index contributed by atoms with van der Waals surface area (Å²) in [7, 11) is 0. The van der Waals surface area contributed by atoms with Gasteiger partial charge in [-0.25, -0.2) is 0 Å². The Morgan fingerprint density at radius 1 is 1.21 bits per heavy atom. The molecule has 2 aromatic rings. The number of nitrogens with one attached hydrogen (secondary N) is 1. The molecule has 0 saturated carbocycles. The Morgan fingerprint density at radius 2 is 2.05 bits per heavy atom. The molecule has 0 bridgehead atoms. The Kier molecular flexibility index (Phi) is 5.25. The van der Waals surface area contributed by atoms with Crippen LogP contribution >= 0.6 is 34.5 Å². The molecular formula is C14H13Cl2NOS. The van der Waals surface area contributed by atoms with Crippen LogP contribution in [0.25, 0.3) is 0 Å². The monoisotopic (exact) mass is 313 g/mol. The van der Waals surface area contributed by atoms with Crippen molar-refractivity contribution in [1.82, 2.24) is 5.32 Å². The summed E-state index contributed by atoms with van der Waals surface area (Å²) in [4.78, 5) is 12.9. The standard InChI is InChI=1S/C14H13Cl2NOS/c15-12-5-1-3-10(14(12)16)6-7-13(18)17-9-11-4-2-8-19-11/h1-5,8H,6-7,9H2,(H,17,18). The van der Waals surface area contributed by atoms with Crippen molar-refractivity contribution in [3.63, 3.8) is 0 Å². The van der Waals surface area contributed by atoms with E-state index in [1.54, 1.807) is 17.4 Å². The maximum atomic E-state index is 11.7. The van der Waals surface area contributed by atoms with Crippen LogP contribution in [-0.2, 0) is 17.8 Å². The summed E-state index contributed by atoms with van der Waals surface area (Å²) < 4.78 is 0. The highest BCUT2D eigenvalue weighted by Crippen LogP contribution is 2.26. The van der Waals surface area contributed by atoms with Crippen molar-refractivity contribution in [2.45, 2.75) is 19.4 Å². The molecule has 19 heavy (non-hydrogen) atoms. The number of benzene rings is 1. The molecular weight excluding hydrogens is 301 g/mol. The number of carbonyl (C=O) groups is 1. The lowest BCUT2D eigenvalue weighted by Gasteiger charge is -2.06. The second-order valence-corrected chi connectivity index (χ2v) is 5.89. The number of carbonyl (C=O) groups excluding carboxylic acids is 1. The van der Waals surface area contributed by atoms with Gasteiger partial charge in [0.15, 0.2) is 0 Å². The third-order valence-electron chi connectivity index (χ3n) is 2.69. The zero-order valence-corrected chi connectivity index (χ0v) is 12.5. The molecule has 0 radical (unpaired) electrons. The van der Waals surface area contributed by atoms with E-state index in [1.807, 2.05) is 29.6 Å². The van der Waals surface area contributed by atoms with Gasteiger partial charge in [-0.15, -0.1) is 11.3 Å². The Balaban J connectivity index is 1.81. The van der Waals surface area contributed by atoms with Crippen LogP contribution in [0.1, 0.15) is 16.9 Å². The second kappa shape index (κ2) is 6.94. The molecule has 1 amide bonds. The molecule has 0 fully saturated rings. The van der Waals surface area contributed by atoms with Crippen molar-refractivity contribution in [2.24, 2.45) is 0 Å². The number of amides is 1. The summed E-state index contributed by atoms with van der Waals surface area (Å²) in [6.07, 6.45) is 1.00. The average Bonchev–Trinajstić information content (AvgIpc) is 2.91. The highest BCUT2D eigenvalue weighted by molar-refractivity contribution is 7.09. The van der Waals surface area contributed by atoms with Crippen molar-refractivity contribution >= 4 is 40.4 Å². The van der Waals surface area contributed by atoms with Crippen molar-refractivity contribution in [2.75, 3.05) is 0 Å². The van der Waals surface area contributed by atoms with Crippen LogP contribution in [0.2, 0.25) is 10.0 Å². The van der Waals surface area contributed by atoms with Gasteiger partial charge < -0.3 is 5.32 Å². The molecule has 0 aliphatic carbocycles. The summed E-state index contributed by atoms with van der Waals surface area (Å²) >= 11 is 13.6. The largest absolute Gasteiger partial charge is 0.351 e. The Bertz CT molecular complexity index is 555. The van der Waals surface area contributed by atoms with Gasteiger partial charge in [-0.2, -0.15) is 0 Å². The quantitative estimate of drug-likeness (QED) is 0.876. The highest BCUT2D eigenvalue weighted by atomic mass is 35.5. The minimum Gasteiger partial charge on any atom is -0.351 e. The van der Waals surface area contributed by atoms with Gasteiger partial charge in [-0.1, -0.05) is 41.4 Å². The van der Waals surface area contributed by atoms with Gasteiger partial charge in [-0.05, 0) is 29.5 Å². The molecule has 0 aliphatic heterocycles. The first-order chi connectivity index (χ1) is 9.16. The number of rotatable bonds is 5. The zero-order valence-electron chi connectivity index (χ0n) is 10.2. The maximum absolute atomic E-state index is 11.7. The predicted octanol–water partition coefficient (Wildman–Crippen LogP) is 4.30. The SMILES string of the molecule is O=C(CCc1cccc(Cl)c1Cl)NCc1cccs1.